The van der Waals surface area contributed by atoms with Crippen molar-refractivity contribution >= 4 is 32.4 Å². The normalized spacial score (nSPS) is 13.4. The van der Waals surface area contributed by atoms with Gasteiger partial charge in [-0.15, -0.1) is 0 Å². The minimum atomic E-state index is -3.64. The Hall–Kier alpha value is -3.31. The zero-order valence-corrected chi connectivity index (χ0v) is 21.0. The summed E-state index contributed by atoms with van der Waals surface area (Å²) >= 11 is 0. The quantitative estimate of drug-likeness (QED) is 0.478. The first-order valence-corrected chi connectivity index (χ1v) is 12.7. The van der Waals surface area contributed by atoms with Crippen LogP contribution in [0.4, 0.5) is 0 Å². The molecule has 0 amide bonds. The fraction of sp³-hybridized carbons (Fsp3) is 0.214. The van der Waals surface area contributed by atoms with Gasteiger partial charge in [-0.1, -0.05) is 59.7 Å². The topological polar surface area (TPSA) is 86.2 Å². The fourth-order valence-corrected chi connectivity index (χ4v) is 5.03. The SMILES string of the molecule is CC(=C(N)c1cc(C)cc(C(N)=C(C)c2ccc(C)cc2)c1S(C)(=O)=O)c1ccc(C)cc1. The molecule has 172 valence electrons. The fourth-order valence-electron chi connectivity index (χ4n) is 3.89. The van der Waals surface area contributed by atoms with E-state index in [0.717, 1.165) is 39.0 Å². The van der Waals surface area contributed by atoms with E-state index in [1.165, 1.54) is 6.26 Å². The number of hydrogen-bond donors (Lipinski definition) is 2. The number of benzene rings is 3. The van der Waals surface area contributed by atoms with E-state index in [1.54, 1.807) is 0 Å². The van der Waals surface area contributed by atoms with Gasteiger partial charge < -0.3 is 11.5 Å². The van der Waals surface area contributed by atoms with E-state index >= 15 is 0 Å². The van der Waals surface area contributed by atoms with Gasteiger partial charge in [-0.3, -0.25) is 0 Å². The van der Waals surface area contributed by atoms with Crippen LogP contribution < -0.4 is 11.5 Å². The molecule has 0 saturated carbocycles. The highest BCUT2D eigenvalue weighted by Gasteiger charge is 2.24. The first-order chi connectivity index (χ1) is 15.4. The third-order valence-electron chi connectivity index (χ3n) is 5.96. The molecule has 0 unspecified atom stereocenters. The molecule has 33 heavy (non-hydrogen) atoms. The highest BCUT2D eigenvalue weighted by atomic mass is 32.2. The molecule has 0 spiro atoms. The van der Waals surface area contributed by atoms with Crippen molar-refractivity contribution in [3.8, 4) is 0 Å². The number of hydrogen-bond acceptors (Lipinski definition) is 4. The molecule has 4 nitrogen and oxygen atoms in total. The summed E-state index contributed by atoms with van der Waals surface area (Å²) in [6.45, 7) is 9.77. The van der Waals surface area contributed by atoms with Crippen molar-refractivity contribution in [3.05, 3.63) is 99.6 Å². The third kappa shape index (κ3) is 5.20. The minimum absolute atomic E-state index is 0.154. The second kappa shape index (κ2) is 9.28. The summed E-state index contributed by atoms with van der Waals surface area (Å²) in [6.07, 6.45) is 1.20. The molecule has 4 N–H and O–H groups in total. The molecule has 3 rings (SSSR count). The Morgan fingerprint density at radius 2 is 0.970 bits per heavy atom. The van der Waals surface area contributed by atoms with Crippen molar-refractivity contribution in [1.29, 1.82) is 0 Å². The van der Waals surface area contributed by atoms with Gasteiger partial charge >= 0.3 is 0 Å². The molecule has 5 heteroatoms. The summed E-state index contributed by atoms with van der Waals surface area (Å²) in [5, 5.41) is 0. The standard InChI is InChI=1S/C28H32N2O2S/c1-17-7-11-22(12-8-17)20(4)26(29)24-15-19(3)16-25(28(24)33(6,31)32)27(30)21(5)23-13-9-18(2)10-14-23/h7-16H,29-30H2,1-6H3. The van der Waals surface area contributed by atoms with Crippen LogP contribution in [0.25, 0.3) is 22.5 Å². The van der Waals surface area contributed by atoms with Gasteiger partial charge in [0.1, 0.15) is 0 Å². The molecular weight excluding hydrogens is 428 g/mol. The Labute approximate surface area is 197 Å². The lowest BCUT2D eigenvalue weighted by molar-refractivity contribution is 0.601. The average molecular weight is 461 g/mol. The molecule has 0 aliphatic carbocycles. The van der Waals surface area contributed by atoms with E-state index in [9.17, 15) is 8.42 Å². The Bertz CT molecular complexity index is 1270. The van der Waals surface area contributed by atoms with Crippen LogP contribution in [-0.2, 0) is 9.84 Å². The Morgan fingerprint density at radius 3 is 1.27 bits per heavy atom. The minimum Gasteiger partial charge on any atom is -0.398 e. The molecule has 0 atom stereocenters. The summed E-state index contributed by atoms with van der Waals surface area (Å²) in [5.41, 5.74) is 21.7. The van der Waals surface area contributed by atoms with Crippen LogP contribution in [-0.4, -0.2) is 14.7 Å². The highest BCUT2D eigenvalue weighted by molar-refractivity contribution is 7.90. The van der Waals surface area contributed by atoms with Crippen molar-refractivity contribution in [2.45, 2.75) is 39.5 Å². The van der Waals surface area contributed by atoms with Gasteiger partial charge in [0.15, 0.2) is 9.84 Å². The maximum absolute atomic E-state index is 13.0. The zero-order valence-electron chi connectivity index (χ0n) is 20.2. The Morgan fingerprint density at radius 1 is 0.636 bits per heavy atom. The molecular formula is C28H32N2O2S. The first-order valence-electron chi connectivity index (χ1n) is 10.8. The van der Waals surface area contributed by atoms with Crippen LogP contribution >= 0.6 is 0 Å². The van der Waals surface area contributed by atoms with Gasteiger partial charge in [0, 0.05) is 28.8 Å². The largest absolute Gasteiger partial charge is 0.398 e. The summed E-state index contributed by atoms with van der Waals surface area (Å²) in [4.78, 5) is 0.154. The van der Waals surface area contributed by atoms with E-state index in [0.29, 0.717) is 22.5 Å². The molecule has 3 aromatic rings. The number of nitrogens with two attached hydrogens (primary N) is 2. The molecule has 0 aliphatic heterocycles. The Kier molecular flexibility index (Phi) is 6.84. The zero-order chi connectivity index (χ0) is 24.5. The van der Waals surface area contributed by atoms with Gasteiger partial charge in [-0.25, -0.2) is 8.42 Å². The van der Waals surface area contributed by atoms with Crippen molar-refractivity contribution in [1.82, 2.24) is 0 Å². The highest BCUT2D eigenvalue weighted by Crippen LogP contribution is 2.35. The van der Waals surface area contributed by atoms with Gasteiger partial charge in [0.25, 0.3) is 0 Å². The first kappa shape index (κ1) is 24.3. The lowest BCUT2D eigenvalue weighted by Gasteiger charge is -2.19. The van der Waals surface area contributed by atoms with Crippen molar-refractivity contribution in [2.24, 2.45) is 11.5 Å². The molecule has 0 bridgehead atoms. The van der Waals surface area contributed by atoms with Crippen LogP contribution in [0.3, 0.4) is 0 Å². The molecule has 0 aliphatic rings. The van der Waals surface area contributed by atoms with E-state index in [2.05, 4.69) is 0 Å². The second-order valence-electron chi connectivity index (χ2n) is 8.77. The van der Waals surface area contributed by atoms with E-state index in [1.807, 2.05) is 95.3 Å². The molecule has 0 aromatic heterocycles. The predicted molar refractivity (Wildman–Crippen MR) is 140 cm³/mol. The number of aryl methyl sites for hydroxylation is 3. The molecule has 0 heterocycles. The lowest BCUT2D eigenvalue weighted by atomic mass is 9.94. The van der Waals surface area contributed by atoms with E-state index in [4.69, 9.17) is 11.5 Å². The van der Waals surface area contributed by atoms with Crippen molar-refractivity contribution < 1.29 is 8.42 Å². The van der Waals surface area contributed by atoms with Gasteiger partial charge in [-0.05, 0) is 74.6 Å². The van der Waals surface area contributed by atoms with Crippen LogP contribution in [0.1, 0.15) is 52.8 Å². The summed E-state index contributed by atoms with van der Waals surface area (Å²) in [5.74, 6) is 0. The number of rotatable bonds is 5. The number of allylic oxidation sites excluding steroid dienone is 2. The summed E-state index contributed by atoms with van der Waals surface area (Å²) in [7, 11) is -3.64. The van der Waals surface area contributed by atoms with Crippen LogP contribution in [0.15, 0.2) is 65.6 Å². The lowest BCUT2D eigenvalue weighted by Crippen LogP contribution is -2.14. The molecule has 0 fully saturated rings. The molecule has 0 saturated heterocycles. The molecule has 0 radical (unpaired) electrons. The Balaban J connectivity index is 2.32. The maximum Gasteiger partial charge on any atom is 0.176 e. The van der Waals surface area contributed by atoms with Gasteiger partial charge in [0.05, 0.1) is 4.90 Å². The van der Waals surface area contributed by atoms with E-state index in [-0.39, 0.29) is 4.90 Å². The van der Waals surface area contributed by atoms with Gasteiger partial charge in [-0.2, -0.15) is 0 Å². The van der Waals surface area contributed by atoms with Crippen molar-refractivity contribution in [2.75, 3.05) is 6.26 Å². The van der Waals surface area contributed by atoms with Crippen LogP contribution in [0.2, 0.25) is 0 Å². The van der Waals surface area contributed by atoms with Crippen LogP contribution in [0.5, 0.6) is 0 Å². The van der Waals surface area contributed by atoms with Crippen molar-refractivity contribution in [3.63, 3.8) is 0 Å². The van der Waals surface area contributed by atoms with Crippen LogP contribution in [0, 0.1) is 20.8 Å². The predicted octanol–water partition coefficient (Wildman–Crippen LogP) is 5.71. The monoisotopic (exact) mass is 460 g/mol. The number of sulfone groups is 1. The van der Waals surface area contributed by atoms with E-state index < -0.39 is 9.84 Å². The van der Waals surface area contributed by atoms with Gasteiger partial charge in [0.2, 0.25) is 0 Å². The maximum atomic E-state index is 13.0. The summed E-state index contributed by atoms with van der Waals surface area (Å²) < 4.78 is 26.1. The average Bonchev–Trinajstić information content (AvgIpc) is 2.76. The third-order valence-corrected chi connectivity index (χ3v) is 7.14. The second-order valence-corrected chi connectivity index (χ2v) is 10.7. The smallest absolute Gasteiger partial charge is 0.176 e. The molecule has 3 aromatic carbocycles. The summed E-state index contributed by atoms with van der Waals surface area (Å²) in [6, 6.07) is 19.6.